The molecule has 0 heterocycles. The Bertz CT molecular complexity index is 492. The Morgan fingerprint density at radius 2 is 1.00 bits per heavy atom. The van der Waals surface area contributed by atoms with Gasteiger partial charge in [0.05, 0.1) is 19.8 Å². The van der Waals surface area contributed by atoms with E-state index in [2.05, 4.69) is 24.5 Å². The lowest BCUT2D eigenvalue weighted by molar-refractivity contribution is -0.142. The van der Waals surface area contributed by atoms with E-state index in [1.165, 1.54) is 0 Å². The van der Waals surface area contributed by atoms with Crippen molar-refractivity contribution in [1.29, 1.82) is 0 Å². The first kappa shape index (κ1) is 26.8. The summed E-state index contributed by atoms with van der Waals surface area (Å²) in [5, 5.41) is 8.30. The second kappa shape index (κ2) is 17.0. The van der Waals surface area contributed by atoms with Crippen LogP contribution in [-0.4, -0.2) is 62.7 Å². The number of esters is 3. The molecule has 0 rings (SSSR count). The summed E-state index contributed by atoms with van der Waals surface area (Å²) < 4.78 is 19.3. The monoisotopic (exact) mass is 386 g/mol. The molecule has 0 saturated carbocycles. The Kier molecular flexibility index (Phi) is 16.8. The van der Waals surface area contributed by atoms with Crippen molar-refractivity contribution < 1.29 is 38.4 Å². The van der Waals surface area contributed by atoms with Crippen molar-refractivity contribution in [2.45, 2.75) is 27.2 Å². The van der Waals surface area contributed by atoms with E-state index < -0.39 is 17.9 Å². The molecule has 0 bridgehead atoms. The van der Waals surface area contributed by atoms with Gasteiger partial charge in [0, 0.05) is 29.7 Å². The van der Waals surface area contributed by atoms with Gasteiger partial charge in [0.2, 0.25) is 0 Å². The molecule has 0 aromatic carbocycles. The van der Waals surface area contributed by atoms with Crippen LogP contribution in [0.2, 0.25) is 0 Å². The third-order valence-corrected chi connectivity index (χ3v) is 2.50. The standard InChI is InChI=1S/C12H18O5.C7H12O3/c1-9(2)11(13)16-7-5-15-6-8-17-12(14)10(3)4;1-6(2)7(9)10-5-3-4-8/h1,3,5-8H2,2,4H3;8H,1,3-5H2,2H3. The number of carbonyl (C=O) groups excluding carboxylic acids is 3. The highest BCUT2D eigenvalue weighted by atomic mass is 16.6. The molecule has 0 unspecified atom stereocenters. The number of ether oxygens (including phenoxy) is 4. The van der Waals surface area contributed by atoms with E-state index >= 15 is 0 Å². The fourth-order valence-electron chi connectivity index (χ4n) is 1.09. The zero-order valence-corrected chi connectivity index (χ0v) is 16.4. The van der Waals surface area contributed by atoms with Crippen LogP contribution in [0.1, 0.15) is 27.2 Å². The molecule has 0 aliphatic carbocycles. The summed E-state index contributed by atoms with van der Waals surface area (Å²) in [6, 6.07) is 0. The highest BCUT2D eigenvalue weighted by molar-refractivity contribution is 5.87. The fraction of sp³-hybridized carbons (Fsp3) is 0.526. The second-order valence-electron chi connectivity index (χ2n) is 5.44. The molecule has 8 heteroatoms. The molecule has 0 spiro atoms. The molecule has 0 aliphatic rings. The van der Waals surface area contributed by atoms with Gasteiger partial charge < -0.3 is 24.1 Å². The molecule has 0 aromatic heterocycles. The van der Waals surface area contributed by atoms with E-state index in [1.54, 1.807) is 20.8 Å². The van der Waals surface area contributed by atoms with Gasteiger partial charge in [-0.15, -0.1) is 0 Å². The number of hydrogen-bond donors (Lipinski definition) is 1. The summed E-state index contributed by atoms with van der Waals surface area (Å²) in [4.78, 5) is 32.5. The number of hydrogen-bond acceptors (Lipinski definition) is 8. The van der Waals surface area contributed by atoms with Gasteiger partial charge in [-0.05, 0) is 20.8 Å². The van der Waals surface area contributed by atoms with Crippen molar-refractivity contribution in [3.05, 3.63) is 36.5 Å². The number of carbonyl (C=O) groups is 3. The molecule has 0 aliphatic heterocycles. The summed E-state index contributed by atoms with van der Waals surface area (Å²) >= 11 is 0. The van der Waals surface area contributed by atoms with Gasteiger partial charge in [0.1, 0.15) is 13.2 Å². The van der Waals surface area contributed by atoms with E-state index in [9.17, 15) is 14.4 Å². The molecule has 154 valence electrons. The summed E-state index contributed by atoms with van der Waals surface area (Å²) in [5.41, 5.74) is 1.08. The lowest BCUT2D eigenvalue weighted by Gasteiger charge is -2.06. The Labute approximate surface area is 160 Å². The first-order valence-electron chi connectivity index (χ1n) is 8.30. The van der Waals surface area contributed by atoms with Gasteiger partial charge in [0.25, 0.3) is 0 Å². The Morgan fingerprint density at radius 3 is 1.30 bits per heavy atom. The number of aliphatic hydroxyl groups is 1. The third-order valence-electron chi connectivity index (χ3n) is 2.50. The van der Waals surface area contributed by atoms with Crippen LogP contribution in [-0.2, 0) is 33.3 Å². The molecular weight excluding hydrogens is 356 g/mol. The van der Waals surface area contributed by atoms with Crippen LogP contribution in [0, 0.1) is 0 Å². The highest BCUT2D eigenvalue weighted by Gasteiger charge is 2.03. The third kappa shape index (κ3) is 18.1. The fourth-order valence-corrected chi connectivity index (χ4v) is 1.09. The van der Waals surface area contributed by atoms with Crippen LogP contribution in [0.3, 0.4) is 0 Å². The van der Waals surface area contributed by atoms with Crippen molar-refractivity contribution in [3.8, 4) is 0 Å². The maximum Gasteiger partial charge on any atom is 0.333 e. The summed E-state index contributed by atoms with van der Waals surface area (Å²) in [7, 11) is 0. The van der Waals surface area contributed by atoms with Crippen molar-refractivity contribution >= 4 is 17.9 Å². The number of rotatable bonds is 12. The van der Waals surface area contributed by atoms with Gasteiger partial charge >= 0.3 is 17.9 Å². The van der Waals surface area contributed by atoms with Crippen LogP contribution in [0.25, 0.3) is 0 Å². The SMILES string of the molecule is C=C(C)C(=O)OCCCO.C=C(C)C(=O)OCCOCCOC(=O)C(=C)C. The summed E-state index contributed by atoms with van der Waals surface area (Å²) in [5.74, 6) is -1.28. The van der Waals surface area contributed by atoms with E-state index in [-0.39, 0.29) is 39.6 Å². The largest absolute Gasteiger partial charge is 0.462 e. The normalized spacial score (nSPS) is 9.33. The van der Waals surface area contributed by atoms with Crippen molar-refractivity contribution in [2.24, 2.45) is 0 Å². The Hall–Kier alpha value is -2.45. The number of aliphatic hydroxyl groups excluding tert-OH is 1. The van der Waals surface area contributed by atoms with Gasteiger partial charge in [-0.3, -0.25) is 0 Å². The lowest BCUT2D eigenvalue weighted by Crippen LogP contribution is -2.14. The van der Waals surface area contributed by atoms with Crippen LogP contribution in [0.4, 0.5) is 0 Å². The smallest absolute Gasteiger partial charge is 0.333 e. The van der Waals surface area contributed by atoms with Crippen LogP contribution >= 0.6 is 0 Å². The van der Waals surface area contributed by atoms with Gasteiger partial charge in [-0.2, -0.15) is 0 Å². The molecule has 0 aromatic rings. The molecule has 0 saturated heterocycles. The zero-order valence-electron chi connectivity index (χ0n) is 16.4. The predicted octanol–water partition coefficient (Wildman–Crippen LogP) is 1.73. The topological polar surface area (TPSA) is 108 Å². The molecule has 0 radical (unpaired) electrons. The molecular formula is C19H30O8. The molecule has 27 heavy (non-hydrogen) atoms. The van der Waals surface area contributed by atoms with Gasteiger partial charge in [-0.25, -0.2) is 14.4 Å². The minimum absolute atomic E-state index is 0.0451. The molecule has 0 amide bonds. The van der Waals surface area contributed by atoms with E-state index in [0.717, 1.165) is 0 Å². The van der Waals surface area contributed by atoms with Gasteiger partial charge in [0.15, 0.2) is 0 Å². The average molecular weight is 386 g/mol. The maximum atomic E-state index is 10.9. The van der Waals surface area contributed by atoms with Crippen LogP contribution < -0.4 is 0 Å². The molecule has 8 nitrogen and oxygen atoms in total. The van der Waals surface area contributed by atoms with E-state index in [4.69, 9.17) is 19.3 Å². The average Bonchev–Trinajstić information content (AvgIpc) is 2.60. The van der Waals surface area contributed by atoms with E-state index in [1.807, 2.05) is 0 Å². The first-order chi connectivity index (χ1) is 12.6. The Balaban J connectivity index is 0. The minimum Gasteiger partial charge on any atom is -0.462 e. The van der Waals surface area contributed by atoms with Crippen molar-refractivity contribution in [1.82, 2.24) is 0 Å². The second-order valence-corrected chi connectivity index (χ2v) is 5.44. The van der Waals surface area contributed by atoms with Gasteiger partial charge in [-0.1, -0.05) is 19.7 Å². The molecule has 0 atom stereocenters. The van der Waals surface area contributed by atoms with Crippen molar-refractivity contribution in [3.63, 3.8) is 0 Å². The van der Waals surface area contributed by atoms with Crippen LogP contribution in [0.5, 0.6) is 0 Å². The minimum atomic E-state index is -0.442. The first-order valence-corrected chi connectivity index (χ1v) is 8.30. The Morgan fingerprint density at radius 1 is 0.667 bits per heavy atom. The highest BCUT2D eigenvalue weighted by Crippen LogP contribution is 1.94. The predicted molar refractivity (Wildman–Crippen MR) is 99.8 cm³/mol. The maximum absolute atomic E-state index is 10.9. The molecule has 1 N–H and O–H groups in total. The zero-order chi connectivity index (χ0) is 21.2. The quantitative estimate of drug-likeness (QED) is 0.234. The van der Waals surface area contributed by atoms with Crippen molar-refractivity contribution in [2.75, 3.05) is 39.6 Å². The lowest BCUT2D eigenvalue weighted by atomic mass is 10.4. The van der Waals surface area contributed by atoms with E-state index in [0.29, 0.717) is 23.1 Å². The van der Waals surface area contributed by atoms with Crippen LogP contribution in [0.15, 0.2) is 36.5 Å². The molecule has 0 fully saturated rings. The summed E-state index contributed by atoms with van der Waals surface area (Å²) in [6.45, 7) is 16.1. The summed E-state index contributed by atoms with van der Waals surface area (Å²) in [6.07, 6.45) is 0.485.